The molecule has 0 radical (unpaired) electrons. The Morgan fingerprint density at radius 1 is 1.17 bits per heavy atom. The number of nitrogens with zero attached hydrogens (tertiary/aromatic N) is 3. The van der Waals surface area contributed by atoms with E-state index in [1.54, 1.807) is 12.1 Å². The second-order valence-corrected chi connectivity index (χ2v) is 6.86. The van der Waals surface area contributed by atoms with E-state index in [-0.39, 0.29) is 17.8 Å². The number of para-hydroxylation sites is 1. The van der Waals surface area contributed by atoms with Crippen LogP contribution in [0.5, 0.6) is 0 Å². The first-order valence-electron chi connectivity index (χ1n) is 8.82. The molecule has 2 aliphatic heterocycles. The molecule has 1 aromatic rings. The molecule has 1 amide bonds. The van der Waals surface area contributed by atoms with Crippen LogP contribution in [0, 0.1) is 5.82 Å². The normalized spacial score (nSPS) is 22.9. The summed E-state index contributed by atoms with van der Waals surface area (Å²) in [5, 5.41) is 3.35. The summed E-state index contributed by atoms with van der Waals surface area (Å²) in [6, 6.07) is 7.17. The van der Waals surface area contributed by atoms with Crippen LogP contribution in [0.2, 0.25) is 0 Å². The molecule has 1 N–H and O–H groups in total. The van der Waals surface area contributed by atoms with Crippen LogP contribution in [0.15, 0.2) is 24.3 Å². The zero-order valence-electron chi connectivity index (χ0n) is 14.5. The van der Waals surface area contributed by atoms with Gasteiger partial charge < -0.3 is 15.1 Å². The molecule has 24 heavy (non-hydrogen) atoms. The Hall–Kier alpha value is -1.66. The average Bonchev–Trinajstić information content (AvgIpc) is 2.62. The monoisotopic (exact) mass is 334 g/mol. The van der Waals surface area contributed by atoms with Gasteiger partial charge in [0.25, 0.3) is 0 Å². The Bertz CT molecular complexity index is 572. The fourth-order valence-corrected chi connectivity index (χ4v) is 3.50. The van der Waals surface area contributed by atoms with Crippen LogP contribution in [0.25, 0.3) is 0 Å². The number of anilines is 1. The molecule has 1 atom stereocenters. The van der Waals surface area contributed by atoms with Gasteiger partial charge in [-0.25, -0.2) is 4.39 Å². The number of rotatable bonds is 3. The van der Waals surface area contributed by atoms with E-state index in [1.807, 2.05) is 15.9 Å². The van der Waals surface area contributed by atoms with Gasteiger partial charge >= 0.3 is 0 Å². The molecule has 132 valence electrons. The second kappa shape index (κ2) is 7.49. The van der Waals surface area contributed by atoms with Crippen molar-refractivity contribution in [2.24, 2.45) is 0 Å². The molecular weight excluding hydrogens is 307 g/mol. The molecule has 2 heterocycles. The number of carbonyl (C=O) groups excluding carboxylic acids is 1. The Morgan fingerprint density at radius 3 is 2.54 bits per heavy atom. The molecule has 2 fully saturated rings. The van der Waals surface area contributed by atoms with Crippen LogP contribution in [0.3, 0.4) is 0 Å². The van der Waals surface area contributed by atoms with E-state index in [9.17, 15) is 9.18 Å². The topological polar surface area (TPSA) is 38.8 Å². The number of hydrogen-bond donors (Lipinski definition) is 1. The predicted molar refractivity (Wildman–Crippen MR) is 93.7 cm³/mol. The first-order valence-corrected chi connectivity index (χ1v) is 8.82. The lowest BCUT2D eigenvalue weighted by Crippen LogP contribution is -2.61. The van der Waals surface area contributed by atoms with Crippen molar-refractivity contribution in [1.29, 1.82) is 0 Å². The second-order valence-electron chi connectivity index (χ2n) is 6.86. The zero-order chi connectivity index (χ0) is 17.1. The minimum absolute atomic E-state index is 0.124. The SMILES string of the molecule is CC(C)N1CCNC(C(=O)N2CCN(c3ccccc3F)CC2)C1. The maximum absolute atomic E-state index is 13.9. The van der Waals surface area contributed by atoms with Crippen LogP contribution < -0.4 is 10.2 Å². The highest BCUT2D eigenvalue weighted by atomic mass is 19.1. The zero-order valence-corrected chi connectivity index (χ0v) is 14.5. The van der Waals surface area contributed by atoms with Crippen molar-refractivity contribution in [2.45, 2.75) is 25.9 Å². The molecule has 0 saturated carbocycles. The quantitative estimate of drug-likeness (QED) is 0.900. The Labute approximate surface area is 143 Å². The highest BCUT2D eigenvalue weighted by molar-refractivity contribution is 5.82. The number of carbonyl (C=O) groups is 1. The first-order chi connectivity index (χ1) is 11.6. The van der Waals surface area contributed by atoms with Gasteiger partial charge in [0.1, 0.15) is 5.82 Å². The minimum Gasteiger partial charge on any atom is -0.366 e. The smallest absolute Gasteiger partial charge is 0.241 e. The first kappa shape index (κ1) is 17.2. The van der Waals surface area contributed by atoms with E-state index >= 15 is 0 Å². The lowest BCUT2D eigenvalue weighted by molar-refractivity contribution is -0.135. The van der Waals surface area contributed by atoms with Crippen LogP contribution in [0.1, 0.15) is 13.8 Å². The lowest BCUT2D eigenvalue weighted by atomic mass is 10.1. The third-order valence-corrected chi connectivity index (χ3v) is 5.02. The van der Waals surface area contributed by atoms with Crippen molar-refractivity contribution in [3.8, 4) is 0 Å². The summed E-state index contributed by atoms with van der Waals surface area (Å²) in [6.45, 7) is 9.58. The van der Waals surface area contributed by atoms with Gasteiger partial charge in [-0.3, -0.25) is 9.69 Å². The van der Waals surface area contributed by atoms with Crippen molar-refractivity contribution in [1.82, 2.24) is 15.1 Å². The van der Waals surface area contributed by atoms with Gasteiger partial charge in [-0.2, -0.15) is 0 Å². The van der Waals surface area contributed by atoms with Gasteiger partial charge in [0, 0.05) is 51.9 Å². The number of hydrogen-bond acceptors (Lipinski definition) is 4. The summed E-state index contributed by atoms with van der Waals surface area (Å²) in [4.78, 5) is 19.1. The molecule has 0 aliphatic carbocycles. The summed E-state index contributed by atoms with van der Waals surface area (Å²) in [6.07, 6.45) is 0. The minimum atomic E-state index is -0.196. The third kappa shape index (κ3) is 3.70. The molecule has 3 rings (SSSR count). The molecule has 1 aromatic carbocycles. The fraction of sp³-hybridized carbons (Fsp3) is 0.611. The Morgan fingerprint density at radius 2 is 1.88 bits per heavy atom. The summed E-state index contributed by atoms with van der Waals surface area (Å²) in [5.74, 6) is -0.0210. The maximum Gasteiger partial charge on any atom is 0.241 e. The van der Waals surface area contributed by atoms with Gasteiger partial charge in [0.15, 0.2) is 0 Å². The molecule has 0 spiro atoms. The average molecular weight is 334 g/mol. The molecule has 0 bridgehead atoms. The molecular formula is C18H27FN4O. The number of halogens is 1. The number of piperazine rings is 2. The van der Waals surface area contributed by atoms with Gasteiger partial charge in [-0.05, 0) is 26.0 Å². The highest BCUT2D eigenvalue weighted by Gasteiger charge is 2.31. The van der Waals surface area contributed by atoms with E-state index in [2.05, 4.69) is 24.1 Å². The van der Waals surface area contributed by atoms with Crippen molar-refractivity contribution in [3.05, 3.63) is 30.1 Å². The van der Waals surface area contributed by atoms with Gasteiger partial charge in [-0.15, -0.1) is 0 Å². The van der Waals surface area contributed by atoms with Gasteiger partial charge in [0.2, 0.25) is 5.91 Å². The summed E-state index contributed by atoms with van der Waals surface area (Å²) in [5.41, 5.74) is 0.631. The maximum atomic E-state index is 13.9. The number of benzene rings is 1. The van der Waals surface area contributed by atoms with Crippen molar-refractivity contribution in [3.63, 3.8) is 0 Å². The summed E-state index contributed by atoms with van der Waals surface area (Å²) >= 11 is 0. The van der Waals surface area contributed by atoms with E-state index in [0.29, 0.717) is 37.9 Å². The third-order valence-electron chi connectivity index (χ3n) is 5.02. The largest absolute Gasteiger partial charge is 0.366 e. The molecule has 6 heteroatoms. The van der Waals surface area contributed by atoms with E-state index in [0.717, 1.165) is 19.6 Å². The highest BCUT2D eigenvalue weighted by Crippen LogP contribution is 2.20. The van der Waals surface area contributed by atoms with Crippen LogP contribution >= 0.6 is 0 Å². The molecule has 2 saturated heterocycles. The molecule has 2 aliphatic rings. The van der Waals surface area contributed by atoms with Gasteiger partial charge in [-0.1, -0.05) is 12.1 Å². The standard InChI is InChI=1S/C18H27FN4O/c1-14(2)23-8-7-20-16(13-23)18(24)22-11-9-21(10-12-22)17-6-4-3-5-15(17)19/h3-6,14,16,20H,7-13H2,1-2H3. The lowest BCUT2D eigenvalue weighted by Gasteiger charge is -2.40. The predicted octanol–water partition coefficient (Wildman–Crippen LogP) is 1.16. The Kier molecular flexibility index (Phi) is 5.36. The van der Waals surface area contributed by atoms with Crippen LogP contribution in [-0.4, -0.2) is 73.6 Å². The van der Waals surface area contributed by atoms with Crippen molar-refractivity contribution >= 4 is 11.6 Å². The summed E-state index contributed by atoms with van der Waals surface area (Å²) < 4.78 is 13.9. The van der Waals surface area contributed by atoms with E-state index in [1.165, 1.54) is 6.07 Å². The molecule has 0 aromatic heterocycles. The number of amides is 1. The molecule has 5 nitrogen and oxygen atoms in total. The van der Waals surface area contributed by atoms with Crippen LogP contribution in [-0.2, 0) is 4.79 Å². The van der Waals surface area contributed by atoms with E-state index < -0.39 is 0 Å². The van der Waals surface area contributed by atoms with E-state index in [4.69, 9.17) is 0 Å². The molecule has 1 unspecified atom stereocenters. The summed E-state index contributed by atoms with van der Waals surface area (Å²) in [7, 11) is 0. The van der Waals surface area contributed by atoms with Crippen molar-refractivity contribution in [2.75, 3.05) is 50.7 Å². The van der Waals surface area contributed by atoms with Crippen LogP contribution in [0.4, 0.5) is 10.1 Å². The fourth-order valence-electron chi connectivity index (χ4n) is 3.50. The van der Waals surface area contributed by atoms with Crippen molar-refractivity contribution < 1.29 is 9.18 Å². The number of nitrogens with one attached hydrogen (secondary N) is 1. The Balaban J connectivity index is 1.56. The van der Waals surface area contributed by atoms with Gasteiger partial charge in [0.05, 0.1) is 11.7 Å².